The van der Waals surface area contributed by atoms with Gasteiger partial charge in [0, 0.05) is 57.8 Å². The number of methoxy groups -OCH3 is 1. The van der Waals surface area contributed by atoms with Crippen LogP contribution in [0, 0.1) is 10.8 Å². The second-order valence-corrected chi connectivity index (χ2v) is 12.6. The van der Waals surface area contributed by atoms with Gasteiger partial charge in [0.1, 0.15) is 0 Å². The van der Waals surface area contributed by atoms with Crippen LogP contribution in [0.25, 0.3) is 0 Å². The quantitative estimate of drug-likeness (QED) is 0.512. The van der Waals surface area contributed by atoms with Gasteiger partial charge in [0.25, 0.3) is 0 Å². The van der Waals surface area contributed by atoms with E-state index in [1.54, 1.807) is 5.56 Å². The summed E-state index contributed by atoms with van der Waals surface area (Å²) in [6, 6.07) is 7.46. The second-order valence-electron chi connectivity index (χ2n) is 12.6. The summed E-state index contributed by atoms with van der Waals surface area (Å²) in [5, 5.41) is 0. The van der Waals surface area contributed by atoms with Crippen LogP contribution in [0.3, 0.4) is 0 Å². The zero-order valence-electron chi connectivity index (χ0n) is 22.3. The van der Waals surface area contributed by atoms with Crippen LogP contribution in [0.4, 0.5) is 11.4 Å². The number of nitrogens with zero attached hydrogens (tertiary/aromatic N) is 3. The maximum atomic E-state index is 5.63. The molecule has 1 aliphatic carbocycles. The van der Waals surface area contributed by atoms with Crippen molar-refractivity contribution in [2.75, 3.05) is 62.7 Å². The molecule has 3 aliphatic rings. The van der Waals surface area contributed by atoms with E-state index in [-0.39, 0.29) is 0 Å². The van der Waals surface area contributed by atoms with Gasteiger partial charge >= 0.3 is 0 Å². The molecule has 0 spiro atoms. The van der Waals surface area contributed by atoms with Gasteiger partial charge in [-0.05, 0) is 85.6 Å². The Morgan fingerprint density at radius 1 is 0.879 bits per heavy atom. The minimum absolute atomic E-state index is 0.399. The lowest BCUT2D eigenvalue weighted by atomic mass is 9.60. The average molecular weight is 456 g/mol. The first-order valence-electron chi connectivity index (χ1n) is 13.6. The van der Waals surface area contributed by atoms with Crippen molar-refractivity contribution < 1.29 is 4.74 Å². The average Bonchev–Trinajstić information content (AvgIpc) is 2.77. The van der Waals surface area contributed by atoms with Gasteiger partial charge in [-0.3, -0.25) is 4.90 Å². The lowest BCUT2D eigenvalue weighted by Crippen LogP contribution is -2.47. The summed E-state index contributed by atoms with van der Waals surface area (Å²) in [5.74, 6) is 0.642. The Morgan fingerprint density at radius 3 is 2.09 bits per heavy atom. The monoisotopic (exact) mass is 455 g/mol. The van der Waals surface area contributed by atoms with E-state index in [2.05, 4.69) is 67.5 Å². The van der Waals surface area contributed by atoms with Crippen LogP contribution >= 0.6 is 0 Å². The third-order valence-corrected chi connectivity index (χ3v) is 8.40. The molecule has 186 valence electrons. The van der Waals surface area contributed by atoms with E-state index in [4.69, 9.17) is 4.74 Å². The summed E-state index contributed by atoms with van der Waals surface area (Å²) in [4.78, 5) is 7.93. The van der Waals surface area contributed by atoms with Crippen molar-refractivity contribution in [2.45, 2.75) is 85.2 Å². The third kappa shape index (κ3) is 6.06. The van der Waals surface area contributed by atoms with E-state index in [0.717, 1.165) is 39.0 Å². The molecule has 4 rings (SSSR count). The molecule has 3 fully saturated rings. The fourth-order valence-corrected chi connectivity index (χ4v) is 7.30. The van der Waals surface area contributed by atoms with Crippen molar-refractivity contribution in [2.24, 2.45) is 10.8 Å². The molecule has 0 bridgehead atoms. The third-order valence-electron chi connectivity index (χ3n) is 8.40. The molecule has 0 atom stereocenters. The highest BCUT2D eigenvalue weighted by molar-refractivity contribution is 5.64. The van der Waals surface area contributed by atoms with Crippen LogP contribution in [0.5, 0.6) is 0 Å². The van der Waals surface area contributed by atoms with Crippen molar-refractivity contribution >= 4 is 11.4 Å². The first kappa shape index (κ1) is 24.9. The number of rotatable bonds is 6. The molecule has 33 heavy (non-hydrogen) atoms. The second kappa shape index (κ2) is 10.2. The Bertz CT molecular complexity index is 757. The zero-order chi connectivity index (χ0) is 23.6. The van der Waals surface area contributed by atoms with Gasteiger partial charge in [-0.25, -0.2) is 0 Å². The molecule has 0 amide bonds. The van der Waals surface area contributed by atoms with Crippen molar-refractivity contribution in [1.29, 1.82) is 0 Å². The molecule has 0 aromatic heterocycles. The largest absolute Gasteiger partial charge is 0.381 e. The molecule has 2 saturated heterocycles. The summed E-state index contributed by atoms with van der Waals surface area (Å²) in [5.41, 5.74) is 5.35. The van der Waals surface area contributed by atoms with Crippen molar-refractivity contribution in [3.63, 3.8) is 0 Å². The number of piperidine rings is 1. The van der Waals surface area contributed by atoms with E-state index < -0.39 is 0 Å². The molecule has 0 N–H and O–H groups in total. The Balaban J connectivity index is 1.62. The van der Waals surface area contributed by atoms with Crippen LogP contribution in [0.2, 0.25) is 0 Å². The maximum Gasteiger partial charge on any atom is 0.0605 e. The molecule has 1 aromatic carbocycles. The van der Waals surface area contributed by atoms with Gasteiger partial charge in [-0.15, -0.1) is 0 Å². The predicted octanol–water partition coefficient (Wildman–Crippen LogP) is 6.15. The molecule has 4 heteroatoms. The summed E-state index contributed by atoms with van der Waals surface area (Å²) >= 11 is 0. The smallest absolute Gasteiger partial charge is 0.0605 e. The minimum atomic E-state index is 0.399. The fourth-order valence-electron chi connectivity index (χ4n) is 7.30. The summed E-state index contributed by atoms with van der Waals surface area (Å²) in [6.07, 6.45) is 7.88. The van der Waals surface area contributed by atoms with E-state index in [0.29, 0.717) is 22.9 Å². The van der Waals surface area contributed by atoms with Crippen LogP contribution in [0.15, 0.2) is 18.2 Å². The molecular formula is C29H49N3O. The normalized spacial score (nSPS) is 24.9. The van der Waals surface area contributed by atoms with Crippen LogP contribution < -0.4 is 9.80 Å². The van der Waals surface area contributed by atoms with Crippen LogP contribution in [0.1, 0.15) is 84.6 Å². The van der Waals surface area contributed by atoms with Crippen molar-refractivity contribution in [1.82, 2.24) is 4.90 Å². The van der Waals surface area contributed by atoms with Gasteiger partial charge in [0.05, 0.1) is 6.10 Å². The molecule has 0 unspecified atom stereocenters. The van der Waals surface area contributed by atoms with Gasteiger partial charge in [0.15, 0.2) is 0 Å². The molecule has 4 nitrogen and oxygen atoms in total. The Kier molecular flexibility index (Phi) is 7.65. The van der Waals surface area contributed by atoms with E-state index in [1.807, 2.05) is 7.11 Å². The number of anilines is 2. The highest BCUT2D eigenvalue weighted by Crippen LogP contribution is 2.53. The summed E-state index contributed by atoms with van der Waals surface area (Å²) in [6.45, 7) is 20.4. The lowest BCUT2D eigenvalue weighted by Gasteiger charge is -2.46. The Hall–Kier alpha value is -1.26. The van der Waals surface area contributed by atoms with E-state index >= 15 is 0 Å². The highest BCUT2D eigenvalue weighted by Gasteiger charge is 2.40. The number of hydrogen-bond donors (Lipinski definition) is 0. The number of ether oxygens (including phenoxy) is 1. The van der Waals surface area contributed by atoms with E-state index in [9.17, 15) is 0 Å². The van der Waals surface area contributed by atoms with E-state index in [1.165, 1.54) is 56.7 Å². The van der Waals surface area contributed by atoms with Gasteiger partial charge in [-0.1, -0.05) is 34.6 Å². The predicted molar refractivity (Wildman–Crippen MR) is 142 cm³/mol. The van der Waals surface area contributed by atoms with Crippen LogP contribution in [-0.2, 0) is 4.74 Å². The van der Waals surface area contributed by atoms with Gasteiger partial charge in [-0.2, -0.15) is 0 Å². The Labute approximate surface area is 203 Å². The van der Waals surface area contributed by atoms with Gasteiger partial charge < -0.3 is 14.5 Å². The fraction of sp³-hybridized carbons (Fsp3) is 0.793. The SMILES string of the molecule is CCCN1CCN(c2ccc(N3CCC(OC)CC3)cc2C2CC(C)(C)CC(C)(C)C2)CC1. The molecule has 1 aromatic rings. The Morgan fingerprint density at radius 2 is 1.52 bits per heavy atom. The van der Waals surface area contributed by atoms with Crippen molar-refractivity contribution in [3.8, 4) is 0 Å². The topological polar surface area (TPSA) is 19.0 Å². The first-order chi connectivity index (χ1) is 15.7. The summed E-state index contributed by atoms with van der Waals surface area (Å²) in [7, 11) is 1.86. The number of benzene rings is 1. The lowest BCUT2D eigenvalue weighted by molar-refractivity contribution is 0.0819. The van der Waals surface area contributed by atoms with Crippen molar-refractivity contribution in [3.05, 3.63) is 23.8 Å². The van der Waals surface area contributed by atoms with Crippen LogP contribution in [-0.4, -0.2) is 63.9 Å². The number of piperazine rings is 1. The molecule has 2 aliphatic heterocycles. The maximum absolute atomic E-state index is 5.63. The highest BCUT2D eigenvalue weighted by atomic mass is 16.5. The van der Waals surface area contributed by atoms with Gasteiger partial charge in [0.2, 0.25) is 0 Å². The molecule has 2 heterocycles. The first-order valence-corrected chi connectivity index (χ1v) is 13.6. The summed E-state index contributed by atoms with van der Waals surface area (Å²) < 4.78 is 5.63. The standard InChI is InChI=1S/C29H49N3O/c1-7-12-30-15-17-32(18-16-30)27-9-8-24(31-13-10-25(33-6)11-14-31)19-26(27)23-20-28(2,3)22-29(4,5)21-23/h8-9,19,23,25H,7,10-18,20-22H2,1-6H3. The molecule has 0 radical (unpaired) electrons. The molecular weight excluding hydrogens is 406 g/mol. The zero-order valence-corrected chi connectivity index (χ0v) is 22.3. The molecule has 1 saturated carbocycles. The number of hydrogen-bond acceptors (Lipinski definition) is 4. The minimum Gasteiger partial charge on any atom is -0.381 e.